The highest BCUT2D eigenvalue weighted by atomic mass is 16.3. The molecule has 38 heavy (non-hydrogen) atoms. The Morgan fingerprint density at radius 1 is 1.16 bits per heavy atom. The number of nitrogens with one attached hydrogen (secondary N) is 1. The summed E-state index contributed by atoms with van der Waals surface area (Å²) in [5, 5.41) is 14.1. The first-order valence-corrected chi connectivity index (χ1v) is 12.5. The van der Waals surface area contributed by atoms with Gasteiger partial charge in [-0.05, 0) is 57.3 Å². The van der Waals surface area contributed by atoms with Crippen molar-refractivity contribution in [1.82, 2.24) is 38.8 Å². The van der Waals surface area contributed by atoms with Gasteiger partial charge in [0.05, 0.1) is 23.3 Å². The third-order valence-corrected chi connectivity index (χ3v) is 6.78. The maximum absolute atomic E-state index is 13.2. The smallest absolute Gasteiger partial charge is 0.278 e. The van der Waals surface area contributed by atoms with Crippen LogP contribution in [0.15, 0.2) is 66.2 Å². The molecule has 6 rings (SSSR count). The SMILES string of the molecule is C=CCn1c(=O)c2cnc(Nc3ccc4c(ccn4CCN(C)C)n3)nc2n1-c1cccc(C2(O)CC2)n1. The minimum absolute atomic E-state index is 0.248. The molecule has 1 fully saturated rings. The van der Waals surface area contributed by atoms with E-state index in [9.17, 15) is 9.90 Å². The zero-order valence-electron chi connectivity index (χ0n) is 21.4. The van der Waals surface area contributed by atoms with E-state index in [2.05, 4.69) is 50.4 Å². The normalized spacial score (nSPS) is 14.4. The van der Waals surface area contributed by atoms with Gasteiger partial charge in [0.15, 0.2) is 11.5 Å². The molecule has 0 aromatic carbocycles. The molecule has 11 heteroatoms. The predicted octanol–water partition coefficient (Wildman–Crippen LogP) is 2.80. The minimum atomic E-state index is -0.903. The summed E-state index contributed by atoms with van der Waals surface area (Å²) in [6.45, 7) is 5.86. The number of hydrogen-bond acceptors (Lipinski definition) is 8. The molecule has 1 aliphatic carbocycles. The van der Waals surface area contributed by atoms with Crippen molar-refractivity contribution in [1.29, 1.82) is 0 Å². The summed E-state index contributed by atoms with van der Waals surface area (Å²) < 4.78 is 5.35. The van der Waals surface area contributed by atoms with E-state index in [1.807, 2.05) is 30.5 Å². The molecular weight excluding hydrogens is 482 g/mol. The van der Waals surface area contributed by atoms with Crippen LogP contribution in [0.5, 0.6) is 0 Å². The van der Waals surface area contributed by atoms with Gasteiger partial charge in [-0.3, -0.25) is 4.79 Å². The van der Waals surface area contributed by atoms with Crippen LogP contribution in [0.25, 0.3) is 27.9 Å². The zero-order valence-corrected chi connectivity index (χ0v) is 21.4. The Kier molecular flexibility index (Phi) is 5.81. The van der Waals surface area contributed by atoms with E-state index in [4.69, 9.17) is 4.98 Å². The van der Waals surface area contributed by atoms with Crippen molar-refractivity contribution >= 4 is 33.8 Å². The molecule has 0 saturated heterocycles. The standard InChI is InChI=1S/C27H29N9O2/c1-4-13-35-25(37)18-17-28-26(31-22-9-8-20-19(29-22)10-14-34(20)16-15-33(2)3)32-24(18)36(35)23-7-5-6-21(30-23)27(38)11-12-27/h4-10,14,17,38H,1,11-13,15-16H2,2-3H3,(H,28,29,31,32). The largest absolute Gasteiger partial charge is 0.384 e. The number of nitrogens with zero attached hydrogens (tertiary/aromatic N) is 8. The van der Waals surface area contributed by atoms with Crippen molar-refractivity contribution in [2.45, 2.75) is 31.5 Å². The number of rotatable bonds is 9. The van der Waals surface area contributed by atoms with Crippen LogP contribution in [0.4, 0.5) is 11.8 Å². The van der Waals surface area contributed by atoms with E-state index in [1.165, 1.54) is 10.9 Å². The summed E-state index contributed by atoms with van der Waals surface area (Å²) in [4.78, 5) is 33.8. The molecule has 0 spiro atoms. The first-order chi connectivity index (χ1) is 18.4. The molecule has 1 saturated carbocycles. The van der Waals surface area contributed by atoms with Crippen LogP contribution in [0, 0.1) is 0 Å². The summed E-state index contributed by atoms with van der Waals surface area (Å²) in [5.74, 6) is 1.38. The van der Waals surface area contributed by atoms with E-state index < -0.39 is 5.60 Å². The van der Waals surface area contributed by atoms with Crippen LogP contribution in [0.2, 0.25) is 0 Å². The molecule has 0 unspecified atom stereocenters. The van der Waals surface area contributed by atoms with Crippen molar-refractivity contribution in [3.05, 3.63) is 77.5 Å². The number of aromatic nitrogens is 7. The number of anilines is 2. The van der Waals surface area contributed by atoms with E-state index in [1.54, 1.807) is 22.9 Å². The summed E-state index contributed by atoms with van der Waals surface area (Å²) >= 11 is 0. The maximum atomic E-state index is 13.2. The van der Waals surface area contributed by atoms with Crippen molar-refractivity contribution < 1.29 is 5.11 Å². The number of aliphatic hydroxyl groups is 1. The number of hydrogen-bond donors (Lipinski definition) is 2. The van der Waals surface area contributed by atoms with Crippen LogP contribution in [-0.4, -0.2) is 64.5 Å². The zero-order chi connectivity index (χ0) is 26.4. The average Bonchev–Trinajstić information content (AvgIpc) is 3.44. The highest BCUT2D eigenvalue weighted by Gasteiger charge is 2.43. The van der Waals surface area contributed by atoms with Gasteiger partial charge in [-0.1, -0.05) is 12.1 Å². The second kappa shape index (κ2) is 9.19. The highest BCUT2D eigenvalue weighted by molar-refractivity contribution is 5.79. The van der Waals surface area contributed by atoms with Crippen molar-refractivity contribution in [2.24, 2.45) is 0 Å². The van der Waals surface area contributed by atoms with Gasteiger partial charge in [-0.2, -0.15) is 4.98 Å². The number of pyridine rings is 2. The van der Waals surface area contributed by atoms with E-state index in [0.29, 0.717) is 47.2 Å². The molecule has 0 amide bonds. The lowest BCUT2D eigenvalue weighted by molar-refractivity contribution is 0.146. The van der Waals surface area contributed by atoms with Crippen LogP contribution in [-0.2, 0) is 18.7 Å². The van der Waals surface area contributed by atoms with Crippen LogP contribution >= 0.6 is 0 Å². The van der Waals surface area contributed by atoms with E-state index in [-0.39, 0.29) is 12.1 Å². The molecule has 0 bridgehead atoms. The molecule has 5 aromatic heterocycles. The van der Waals surface area contributed by atoms with Gasteiger partial charge in [0.25, 0.3) is 5.56 Å². The fraction of sp³-hybridized carbons (Fsp3) is 0.296. The Labute approximate surface area is 218 Å². The van der Waals surface area contributed by atoms with Crippen LogP contribution in [0.3, 0.4) is 0 Å². The van der Waals surface area contributed by atoms with Crippen molar-refractivity contribution in [3.8, 4) is 5.82 Å². The van der Waals surface area contributed by atoms with Gasteiger partial charge < -0.3 is 19.9 Å². The minimum Gasteiger partial charge on any atom is -0.384 e. The van der Waals surface area contributed by atoms with E-state index >= 15 is 0 Å². The monoisotopic (exact) mass is 511 g/mol. The van der Waals surface area contributed by atoms with Crippen LogP contribution in [0.1, 0.15) is 18.5 Å². The van der Waals surface area contributed by atoms with Crippen LogP contribution < -0.4 is 10.9 Å². The molecule has 0 radical (unpaired) electrons. The Bertz CT molecular complexity index is 1730. The Hall–Kier alpha value is -4.35. The summed E-state index contributed by atoms with van der Waals surface area (Å²) in [6.07, 6.45) is 6.53. The predicted molar refractivity (Wildman–Crippen MR) is 146 cm³/mol. The quantitative estimate of drug-likeness (QED) is 0.290. The van der Waals surface area contributed by atoms with Gasteiger partial charge >= 0.3 is 0 Å². The van der Waals surface area contributed by atoms with Gasteiger partial charge in [0, 0.05) is 25.5 Å². The van der Waals surface area contributed by atoms with Gasteiger partial charge in [0.1, 0.15) is 16.8 Å². The Morgan fingerprint density at radius 3 is 2.76 bits per heavy atom. The molecule has 0 atom stereocenters. The lowest BCUT2D eigenvalue weighted by Crippen LogP contribution is -2.22. The number of allylic oxidation sites excluding steroid dienone is 1. The van der Waals surface area contributed by atoms with E-state index in [0.717, 1.165) is 24.1 Å². The van der Waals surface area contributed by atoms with Crippen molar-refractivity contribution in [2.75, 3.05) is 26.0 Å². The second-order valence-electron chi connectivity index (χ2n) is 9.87. The summed E-state index contributed by atoms with van der Waals surface area (Å²) in [7, 11) is 4.10. The molecular formula is C27H29N9O2. The highest BCUT2D eigenvalue weighted by Crippen LogP contribution is 2.44. The maximum Gasteiger partial charge on any atom is 0.278 e. The lowest BCUT2D eigenvalue weighted by atomic mass is 10.2. The molecule has 5 heterocycles. The second-order valence-corrected chi connectivity index (χ2v) is 9.87. The molecule has 1 aliphatic rings. The van der Waals surface area contributed by atoms with Gasteiger partial charge in [0.2, 0.25) is 5.95 Å². The molecule has 2 N–H and O–H groups in total. The van der Waals surface area contributed by atoms with Gasteiger partial charge in [-0.15, -0.1) is 6.58 Å². The molecule has 0 aliphatic heterocycles. The number of fused-ring (bicyclic) bond motifs is 2. The summed E-state index contributed by atoms with van der Waals surface area (Å²) in [6, 6.07) is 11.3. The molecule has 194 valence electrons. The Morgan fingerprint density at radius 2 is 2.00 bits per heavy atom. The van der Waals surface area contributed by atoms with Gasteiger partial charge in [-0.25, -0.2) is 24.3 Å². The van der Waals surface area contributed by atoms with Crippen molar-refractivity contribution in [3.63, 3.8) is 0 Å². The Balaban J connectivity index is 1.38. The fourth-order valence-electron chi connectivity index (χ4n) is 4.54. The number of likely N-dealkylation sites (N-methyl/N-ethyl adjacent to an activating group) is 1. The first-order valence-electron chi connectivity index (χ1n) is 12.5. The third-order valence-electron chi connectivity index (χ3n) is 6.78. The average molecular weight is 512 g/mol. The molecule has 5 aromatic rings. The molecule has 11 nitrogen and oxygen atoms in total. The summed E-state index contributed by atoms with van der Waals surface area (Å²) in [5.41, 5.74) is 1.74. The first kappa shape index (κ1) is 24.0. The topological polar surface area (TPSA) is 119 Å². The lowest BCUT2D eigenvalue weighted by Gasteiger charge is -2.13. The third kappa shape index (κ3) is 4.25. The fourth-order valence-corrected chi connectivity index (χ4v) is 4.54.